The predicted molar refractivity (Wildman–Crippen MR) is 124 cm³/mol. The molecule has 0 bridgehead atoms. The molecular formula is C14H30N4O8S4. The normalized spacial score (nSPS) is 13.9. The van der Waals surface area contributed by atoms with Crippen molar-refractivity contribution >= 4 is 69.9 Å². The molecule has 30 heavy (non-hydrogen) atoms. The number of carbonyl (C=O) groups is 4. The van der Waals surface area contributed by atoms with Crippen LogP contribution in [0.1, 0.15) is 6.42 Å². The van der Waals surface area contributed by atoms with Crippen LogP contribution < -0.4 is 22.9 Å². The van der Waals surface area contributed by atoms with Gasteiger partial charge in [0.1, 0.15) is 24.2 Å². The number of carboxylic acids is 4. The number of nitrogens with two attached hydrogens (primary N) is 4. The third-order valence-electron chi connectivity index (χ3n) is 2.68. The summed E-state index contributed by atoms with van der Waals surface area (Å²) in [7, 11) is 2.41. The molecule has 0 fully saturated rings. The minimum Gasteiger partial charge on any atom is -0.480 e. The molecule has 0 radical (unpaired) electrons. The van der Waals surface area contributed by atoms with Gasteiger partial charge in [-0.2, -0.15) is 24.4 Å². The van der Waals surface area contributed by atoms with Gasteiger partial charge in [-0.15, -0.1) is 0 Å². The largest absolute Gasteiger partial charge is 0.480 e. The number of hydrogen-bond donors (Lipinski definition) is 9. The van der Waals surface area contributed by atoms with Gasteiger partial charge in [-0.3, -0.25) is 19.2 Å². The molecule has 0 spiro atoms. The molecule has 12 nitrogen and oxygen atoms in total. The van der Waals surface area contributed by atoms with E-state index in [-0.39, 0.29) is 17.3 Å². The molecule has 178 valence electrons. The van der Waals surface area contributed by atoms with Crippen molar-refractivity contribution in [2.45, 2.75) is 30.6 Å². The van der Waals surface area contributed by atoms with Crippen LogP contribution in [-0.4, -0.2) is 97.7 Å². The van der Waals surface area contributed by atoms with Crippen molar-refractivity contribution in [3.05, 3.63) is 0 Å². The average Bonchev–Trinajstić information content (AvgIpc) is 2.68. The van der Waals surface area contributed by atoms with Crippen molar-refractivity contribution in [1.29, 1.82) is 0 Å². The maximum atomic E-state index is 10.3. The van der Waals surface area contributed by atoms with Crippen LogP contribution in [-0.2, 0) is 19.2 Å². The number of hydrogen-bond acceptors (Lipinski definition) is 12. The highest BCUT2D eigenvalue weighted by molar-refractivity contribution is 8.76. The summed E-state index contributed by atoms with van der Waals surface area (Å²) in [6.45, 7) is 0. The summed E-state index contributed by atoms with van der Waals surface area (Å²) in [6.07, 6.45) is 2.48. The molecule has 0 aromatic heterocycles. The van der Waals surface area contributed by atoms with Gasteiger partial charge in [0.15, 0.2) is 0 Å². The predicted octanol–water partition coefficient (Wildman–Crippen LogP) is -1.33. The van der Waals surface area contributed by atoms with Crippen LogP contribution >= 0.6 is 46.0 Å². The Labute approximate surface area is 192 Å². The van der Waals surface area contributed by atoms with E-state index in [1.165, 1.54) is 21.6 Å². The molecule has 0 aliphatic carbocycles. The van der Waals surface area contributed by atoms with E-state index in [1.54, 1.807) is 11.8 Å². The highest BCUT2D eigenvalue weighted by Gasteiger charge is 2.14. The van der Waals surface area contributed by atoms with Crippen molar-refractivity contribution in [2.24, 2.45) is 22.9 Å². The summed E-state index contributed by atoms with van der Waals surface area (Å²) in [5.74, 6) is -2.60. The Morgan fingerprint density at radius 3 is 1.27 bits per heavy atom. The summed E-state index contributed by atoms with van der Waals surface area (Å²) in [4.78, 5) is 40.4. The summed E-state index contributed by atoms with van der Waals surface area (Å²) in [5.41, 5.74) is 20.6. The van der Waals surface area contributed by atoms with Crippen molar-refractivity contribution < 1.29 is 39.6 Å². The molecule has 0 saturated heterocycles. The molecule has 0 aliphatic heterocycles. The summed E-state index contributed by atoms with van der Waals surface area (Å²) < 4.78 is 0. The van der Waals surface area contributed by atoms with Crippen LogP contribution in [0.5, 0.6) is 0 Å². The van der Waals surface area contributed by atoms with Gasteiger partial charge in [0.05, 0.1) is 0 Å². The highest BCUT2D eigenvalue weighted by Crippen LogP contribution is 2.22. The first kappa shape index (κ1) is 33.8. The van der Waals surface area contributed by atoms with E-state index in [0.29, 0.717) is 6.42 Å². The fourth-order valence-corrected chi connectivity index (χ4v) is 3.71. The van der Waals surface area contributed by atoms with Crippen LogP contribution in [0.3, 0.4) is 0 Å². The minimum atomic E-state index is -1.07. The van der Waals surface area contributed by atoms with Gasteiger partial charge in [0, 0.05) is 17.3 Å². The number of thioether (sulfide) groups is 1. The van der Waals surface area contributed by atoms with E-state index in [2.05, 4.69) is 12.6 Å². The van der Waals surface area contributed by atoms with E-state index in [9.17, 15) is 19.2 Å². The van der Waals surface area contributed by atoms with Gasteiger partial charge in [0.2, 0.25) is 0 Å². The maximum absolute atomic E-state index is 10.3. The van der Waals surface area contributed by atoms with E-state index in [1.807, 2.05) is 6.26 Å². The molecule has 0 amide bonds. The second kappa shape index (κ2) is 21.4. The molecule has 16 heteroatoms. The number of carboxylic acid groups (broad SMARTS) is 4. The zero-order chi connectivity index (χ0) is 24.3. The van der Waals surface area contributed by atoms with Crippen LogP contribution in [0.2, 0.25) is 0 Å². The van der Waals surface area contributed by atoms with Crippen LogP contribution in [0.4, 0.5) is 0 Å². The van der Waals surface area contributed by atoms with Gasteiger partial charge in [-0.25, -0.2) is 0 Å². The number of aliphatic carboxylic acids is 4. The summed E-state index contributed by atoms with van der Waals surface area (Å²) in [6, 6.07) is -3.34. The van der Waals surface area contributed by atoms with Gasteiger partial charge in [0.25, 0.3) is 0 Å². The van der Waals surface area contributed by atoms with Gasteiger partial charge in [-0.1, -0.05) is 21.6 Å². The van der Waals surface area contributed by atoms with E-state index >= 15 is 0 Å². The maximum Gasteiger partial charge on any atom is 0.321 e. The first-order valence-electron chi connectivity index (χ1n) is 8.09. The minimum absolute atomic E-state index is 0.190. The Balaban J connectivity index is -0.000000393. The van der Waals surface area contributed by atoms with Crippen molar-refractivity contribution in [1.82, 2.24) is 0 Å². The summed E-state index contributed by atoms with van der Waals surface area (Å²) >= 11 is 5.25. The Morgan fingerprint density at radius 1 is 0.733 bits per heavy atom. The molecule has 0 aliphatic rings. The Hall–Kier alpha value is -0.880. The van der Waals surface area contributed by atoms with Gasteiger partial charge in [-0.05, 0) is 18.4 Å². The molecule has 12 N–H and O–H groups in total. The fraction of sp³-hybridized carbons (Fsp3) is 0.714. The molecule has 0 aromatic carbocycles. The van der Waals surface area contributed by atoms with E-state index in [0.717, 1.165) is 5.75 Å². The Kier molecular flexibility index (Phi) is 24.0. The lowest BCUT2D eigenvalue weighted by Gasteiger charge is -2.07. The quantitative estimate of drug-likeness (QED) is 0.0790. The second-order valence-corrected chi connectivity index (χ2v) is 9.22. The molecule has 0 aromatic rings. The molecule has 4 atom stereocenters. The monoisotopic (exact) mass is 510 g/mol. The molecule has 0 rings (SSSR count). The highest BCUT2D eigenvalue weighted by atomic mass is 33.1. The lowest BCUT2D eigenvalue weighted by molar-refractivity contribution is -0.139. The second-order valence-electron chi connectivity index (χ2n) is 5.31. The van der Waals surface area contributed by atoms with Crippen molar-refractivity contribution in [3.8, 4) is 0 Å². The van der Waals surface area contributed by atoms with Gasteiger partial charge < -0.3 is 43.4 Å². The zero-order valence-corrected chi connectivity index (χ0v) is 19.6. The first-order chi connectivity index (χ1) is 13.8. The summed E-state index contributed by atoms with van der Waals surface area (Å²) in [5, 5.41) is 33.1. The molecule has 0 heterocycles. The van der Waals surface area contributed by atoms with Crippen LogP contribution in [0, 0.1) is 0 Å². The van der Waals surface area contributed by atoms with Crippen molar-refractivity contribution in [2.75, 3.05) is 29.3 Å². The van der Waals surface area contributed by atoms with Crippen LogP contribution in [0.15, 0.2) is 0 Å². The topological polar surface area (TPSA) is 253 Å². The zero-order valence-electron chi connectivity index (χ0n) is 16.2. The van der Waals surface area contributed by atoms with E-state index in [4.69, 9.17) is 43.4 Å². The SMILES string of the molecule is CSCC[C@H](N)C(=O)O.N[C@@H](CS)C(=O)O.N[C@@H](CSSC[C@H](N)C(=O)O)C(=O)O. The van der Waals surface area contributed by atoms with E-state index < -0.39 is 48.0 Å². The molecule has 0 unspecified atom stereocenters. The van der Waals surface area contributed by atoms with Crippen molar-refractivity contribution in [3.63, 3.8) is 0 Å². The lowest BCUT2D eigenvalue weighted by Crippen LogP contribution is -2.33. The smallest absolute Gasteiger partial charge is 0.321 e. The fourth-order valence-electron chi connectivity index (χ4n) is 0.832. The number of thiol groups is 1. The Morgan fingerprint density at radius 2 is 1.07 bits per heavy atom. The third-order valence-corrected chi connectivity index (χ3v) is 6.19. The lowest BCUT2D eigenvalue weighted by atomic mass is 10.2. The Bertz CT molecular complexity index is 496. The van der Waals surface area contributed by atoms with Gasteiger partial charge >= 0.3 is 23.9 Å². The standard InChI is InChI=1S/C6H12N2O4S2.C5H11NO2S.C3H7NO2S/c7-3(5(9)10)1-13-14-2-4(8)6(11)12;1-9-3-2-4(6)5(7)8;4-2(1-7)3(5)6/h3-4H,1-2,7-8H2,(H,9,10)(H,11,12);4H,2-3,6H2,1H3,(H,7,8);2,7H,1,4H2,(H,5,6)/t3-,4-;4-;2-/m000/s1. The molecular weight excluding hydrogens is 480 g/mol. The average molecular weight is 511 g/mol. The third kappa shape index (κ3) is 23.4. The molecule has 0 saturated carbocycles. The van der Waals surface area contributed by atoms with Crippen LogP contribution in [0.25, 0.3) is 0 Å². The number of rotatable bonds is 13. The first-order valence-corrected chi connectivity index (χ1v) is 12.6.